The highest BCUT2D eigenvalue weighted by Crippen LogP contribution is 2.27. The van der Waals surface area contributed by atoms with Crippen molar-refractivity contribution in [3.63, 3.8) is 0 Å². The molecule has 7 heteroatoms. The number of hydrogen-bond acceptors (Lipinski definition) is 4. The molecular weight excluding hydrogens is 282 g/mol. The molecule has 100 valence electrons. The lowest BCUT2D eigenvalue weighted by Crippen LogP contribution is -2.45. The van der Waals surface area contributed by atoms with Crippen LogP contribution in [0.25, 0.3) is 0 Å². The number of hydrogen-bond donors (Lipinski definition) is 0. The van der Waals surface area contributed by atoms with Gasteiger partial charge in [-0.25, -0.2) is 8.42 Å². The molecule has 2 aliphatic rings. The smallest absolute Gasteiger partial charge is 0.228 e. The van der Waals surface area contributed by atoms with E-state index in [0.29, 0.717) is 6.54 Å². The van der Waals surface area contributed by atoms with Crippen molar-refractivity contribution < 1.29 is 13.2 Å². The molecule has 2 unspecified atom stereocenters. The lowest BCUT2D eigenvalue weighted by Gasteiger charge is -2.28. The van der Waals surface area contributed by atoms with E-state index in [1.807, 2.05) is 0 Å². The largest absolute Gasteiger partial charge is 0.377 e. The topological polar surface area (TPSA) is 46.6 Å². The van der Waals surface area contributed by atoms with Crippen LogP contribution in [-0.4, -0.2) is 54.7 Å². The molecule has 17 heavy (non-hydrogen) atoms. The third-order valence-corrected chi connectivity index (χ3v) is 6.63. The molecule has 0 radical (unpaired) electrons. The van der Waals surface area contributed by atoms with E-state index in [2.05, 4.69) is 0 Å². The number of nitrogens with zero attached hydrogens (tertiary/aromatic N) is 1. The van der Waals surface area contributed by atoms with Crippen molar-refractivity contribution in [3.05, 3.63) is 0 Å². The van der Waals surface area contributed by atoms with Gasteiger partial charge >= 0.3 is 0 Å². The molecule has 0 spiro atoms. The van der Waals surface area contributed by atoms with Gasteiger partial charge in [-0.05, 0) is 25.0 Å². The normalized spacial score (nSPS) is 30.2. The van der Waals surface area contributed by atoms with Crippen molar-refractivity contribution in [2.45, 2.75) is 31.4 Å². The van der Waals surface area contributed by atoms with Crippen LogP contribution < -0.4 is 0 Å². The second kappa shape index (κ2) is 6.10. The minimum atomic E-state index is -3.33. The van der Waals surface area contributed by atoms with Crippen molar-refractivity contribution >= 4 is 33.4 Å². The minimum absolute atomic E-state index is 0.0543. The lowest BCUT2D eigenvalue weighted by molar-refractivity contribution is 0.0879. The first-order valence-electron chi connectivity index (χ1n) is 5.88. The third kappa shape index (κ3) is 3.50. The molecule has 2 heterocycles. The summed E-state index contributed by atoms with van der Waals surface area (Å²) in [5.74, 6) is 1.91. The molecule has 4 nitrogen and oxygen atoms in total. The van der Waals surface area contributed by atoms with Gasteiger partial charge in [0, 0.05) is 24.9 Å². The summed E-state index contributed by atoms with van der Waals surface area (Å²) < 4.78 is 31.1. The number of ether oxygens (including phenoxy) is 1. The Morgan fingerprint density at radius 1 is 1.41 bits per heavy atom. The summed E-state index contributed by atoms with van der Waals surface area (Å²) in [6.45, 7) is 1.22. The zero-order chi connectivity index (χ0) is 12.3. The molecule has 2 fully saturated rings. The van der Waals surface area contributed by atoms with Crippen molar-refractivity contribution in [1.82, 2.24) is 4.31 Å². The number of sulfonamides is 1. The fourth-order valence-corrected chi connectivity index (χ4v) is 5.14. The zero-order valence-corrected chi connectivity index (χ0v) is 12.1. The molecule has 2 rings (SSSR count). The van der Waals surface area contributed by atoms with Crippen LogP contribution in [0.4, 0.5) is 0 Å². The van der Waals surface area contributed by atoms with E-state index in [0.717, 1.165) is 37.4 Å². The summed E-state index contributed by atoms with van der Waals surface area (Å²) in [6, 6.07) is 0.105. The van der Waals surface area contributed by atoms with Crippen LogP contribution in [0.15, 0.2) is 0 Å². The summed E-state index contributed by atoms with van der Waals surface area (Å²) in [5.41, 5.74) is 0. The monoisotopic (exact) mass is 299 g/mol. The van der Waals surface area contributed by atoms with Crippen LogP contribution in [0, 0.1) is 0 Å². The first-order valence-corrected chi connectivity index (χ1v) is 9.18. The molecule has 0 aromatic heterocycles. The summed E-state index contributed by atoms with van der Waals surface area (Å²) in [7, 11) is -3.33. The van der Waals surface area contributed by atoms with Gasteiger partial charge in [-0.2, -0.15) is 16.1 Å². The number of halogens is 1. The highest BCUT2D eigenvalue weighted by molar-refractivity contribution is 7.99. The first kappa shape index (κ1) is 13.9. The van der Waals surface area contributed by atoms with Gasteiger partial charge in [0.15, 0.2) is 0 Å². The van der Waals surface area contributed by atoms with Gasteiger partial charge in [-0.15, -0.1) is 11.6 Å². The van der Waals surface area contributed by atoms with Gasteiger partial charge in [0.2, 0.25) is 10.0 Å². The van der Waals surface area contributed by atoms with Gasteiger partial charge in [-0.3, -0.25) is 0 Å². The van der Waals surface area contributed by atoms with Gasteiger partial charge in [0.1, 0.15) is 5.21 Å². The summed E-state index contributed by atoms with van der Waals surface area (Å²) in [4.78, 5) is 0. The molecule has 0 saturated carbocycles. The first-order chi connectivity index (χ1) is 8.13. The van der Waals surface area contributed by atoms with E-state index in [1.165, 1.54) is 0 Å². The Balaban J connectivity index is 2.05. The Morgan fingerprint density at radius 3 is 2.76 bits per heavy atom. The Kier molecular flexibility index (Phi) is 5.00. The van der Waals surface area contributed by atoms with Gasteiger partial charge < -0.3 is 4.74 Å². The summed E-state index contributed by atoms with van der Waals surface area (Å²) >= 11 is 7.38. The number of alkyl halides is 1. The Morgan fingerprint density at radius 2 is 2.24 bits per heavy atom. The molecular formula is C10H18ClNO3S2. The van der Waals surface area contributed by atoms with Crippen LogP contribution in [0.2, 0.25) is 0 Å². The molecule has 0 amide bonds. The van der Waals surface area contributed by atoms with E-state index in [9.17, 15) is 8.42 Å². The Labute approximate surface area is 112 Å². The van der Waals surface area contributed by atoms with Crippen molar-refractivity contribution in [2.75, 3.05) is 29.9 Å². The number of thioether (sulfide) groups is 1. The second-order valence-electron chi connectivity index (χ2n) is 4.44. The predicted molar refractivity (Wildman–Crippen MR) is 71.0 cm³/mol. The zero-order valence-electron chi connectivity index (χ0n) is 9.68. The lowest BCUT2D eigenvalue weighted by atomic mass is 10.2. The molecule has 2 atom stereocenters. The second-order valence-corrected chi connectivity index (χ2v) is 8.10. The van der Waals surface area contributed by atoms with Crippen LogP contribution in [0.5, 0.6) is 0 Å². The van der Waals surface area contributed by atoms with Gasteiger partial charge in [-0.1, -0.05) is 0 Å². The van der Waals surface area contributed by atoms with Crippen LogP contribution in [-0.2, 0) is 14.8 Å². The van der Waals surface area contributed by atoms with E-state index < -0.39 is 10.0 Å². The predicted octanol–water partition coefficient (Wildman–Crippen LogP) is 1.50. The molecule has 0 aromatic rings. The summed E-state index contributed by atoms with van der Waals surface area (Å²) in [6.07, 6.45) is 2.96. The minimum Gasteiger partial charge on any atom is -0.377 e. The third-order valence-electron chi connectivity index (χ3n) is 3.22. The average Bonchev–Trinajstić information content (AvgIpc) is 2.98. The van der Waals surface area contributed by atoms with E-state index >= 15 is 0 Å². The van der Waals surface area contributed by atoms with Crippen molar-refractivity contribution in [1.29, 1.82) is 0 Å². The summed E-state index contributed by atoms with van der Waals surface area (Å²) in [5, 5.41) is -0.332. The standard InChI is InChI=1S/C10H18ClNO3S2/c11-8-17(13,14)12(9-3-5-16-7-9)6-10-2-1-4-15-10/h9-10H,1-8H2. The maximum atomic E-state index is 12.0. The van der Waals surface area contributed by atoms with E-state index in [4.69, 9.17) is 16.3 Å². The Hall–Kier alpha value is 0.510. The molecule has 0 aliphatic carbocycles. The fourth-order valence-electron chi connectivity index (χ4n) is 2.29. The average molecular weight is 300 g/mol. The van der Waals surface area contributed by atoms with Crippen LogP contribution >= 0.6 is 23.4 Å². The van der Waals surface area contributed by atoms with Crippen molar-refractivity contribution in [3.8, 4) is 0 Å². The number of rotatable bonds is 5. The molecule has 0 N–H and O–H groups in total. The molecule has 0 bridgehead atoms. The van der Waals surface area contributed by atoms with E-state index in [-0.39, 0.29) is 17.4 Å². The highest BCUT2D eigenvalue weighted by atomic mass is 35.5. The van der Waals surface area contributed by atoms with E-state index in [1.54, 1.807) is 16.1 Å². The van der Waals surface area contributed by atoms with Gasteiger partial charge in [0.25, 0.3) is 0 Å². The fraction of sp³-hybridized carbons (Fsp3) is 1.00. The maximum Gasteiger partial charge on any atom is 0.228 e. The molecule has 0 aromatic carbocycles. The molecule has 2 aliphatic heterocycles. The van der Waals surface area contributed by atoms with Crippen LogP contribution in [0.1, 0.15) is 19.3 Å². The molecule has 2 saturated heterocycles. The highest BCUT2D eigenvalue weighted by Gasteiger charge is 2.34. The Bertz CT molecular complexity index is 337. The SMILES string of the molecule is O=S(=O)(CCl)N(CC1CCCO1)C1CCSC1. The quantitative estimate of drug-likeness (QED) is 0.722. The van der Waals surface area contributed by atoms with Crippen molar-refractivity contribution in [2.24, 2.45) is 0 Å². The van der Waals surface area contributed by atoms with Gasteiger partial charge in [0.05, 0.1) is 6.10 Å². The van der Waals surface area contributed by atoms with Crippen LogP contribution in [0.3, 0.4) is 0 Å². The maximum absolute atomic E-state index is 12.0.